The van der Waals surface area contributed by atoms with Crippen LogP contribution >= 0.6 is 0 Å². The molecule has 2 heteroatoms. The van der Waals surface area contributed by atoms with E-state index in [-0.39, 0.29) is 0 Å². The molecule has 1 saturated carbocycles. The van der Waals surface area contributed by atoms with Gasteiger partial charge in [0.25, 0.3) is 0 Å². The van der Waals surface area contributed by atoms with Crippen LogP contribution in [0.5, 0.6) is 0 Å². The lowest BCUT2D eigenvalue weighted by Gasteiger charge is -2.43. The molecule has 1 aromatic rings. The largest absolute Gasteiger partial charge is 0.366 e. The number of benzene rings is 1. The molecule has 1 unspecified atom stereocenters. The van der Waals surface area contributed by atoms with Crippen molar-refractivity contribution >= 4 is 5.69 Å². The van der Waals surface area contributed by atoms with Crippen LogP contribution in [0.3, 0.4) is 0 Å². The fraction of sp³-hybridized carbons (Fsp3) is 0.684. The Morgan fingerprint density at radius 2 is 1.67 bits per heavy atom. The third kappa shape index (κ3) is 3.26. The molecule has 1 aromatic carbocycles. The van der Waals surface area contributed by atoms with E-state index in [0.717, 1.165) is 6.04 Å². The van der Waals surface area contributed by atoms with Crippen LogP contribution in [0.25, 0.3) is 0 Å². The van der Waals surface area contributed by atoms with Gasteiger partial charge in [-0.1, -0.05) is 38.8 Å². The maximum absolute atomic E-state index is 2.75. The monoisotopic (exact) mass is 286 g/mol. The lowest BCUT2D eigenvalue weighted by molar-refractivity contribution is 0.166. The Hall–Kier alpha value is -1.02. The van der Waals surface area contributed by atoms with Crippen molar-refractivity contribution in [2.75, 3.05) is 24.5 Å². The van der Waals surface area contributed by atoms with Crippen molar-refractivity contribution < 1.29 is 0 Å². The minimum absolute atomic E-state index is 0.621. The van der Waals surface area contributed by atoms with Crippen LogP contribution in [-0.4, -0.2) is 36.6 Å². The van der Waals surface area contributed by atoms with Gasteiger partial charge in [0.2, 0.25) is 0 Å². The summed E-state index contributed by atoms with van der Waals surface area (Å²) < 4.78 is 0. The number of hydrogen-bond donors (Lipinski definition) is 0. The molecule has 0 spiro atoms. The Balaban J connectivity index is 1.64. The van der Waals surface area contributed by atoms with Gasteiger partial charge in [0.05, 0.1) is 0 Å². The van der Waals surface area contributed by atoms with Gasteiger partial charge in [-0.25, -0.2) is 0 Å². The zero-order valence-electron chi connectivity index (χ0n) is 13.9. The average molecular weight is 286 g/mol. The van der Waals surface area contributed by atoms with Crippen LogP contribution in [0.4, 0.5) is 5.69 Å². The molecule has 116 valence electrons. The standard InChI is InChI=1S/C19H30N2/c1-15(2)17-8-10-19(11-9-17)21-13-12-20(14-16(21)3)18-6-4-5-7-18/h8-11,15-16,18H,4-7,12-14H2,1-3H3. The molecule has 2 aliphatic rings. The van der Waals surface area contributed by atoms with E-state index in [0.29, 0.717) is 12.0 Å². The highest BCUT2D eigenvalue weighted by molar-refractivity contribution is 5.49. The summed E-state index contributed by atoms with van der Waals surface area (Å²) in [6.07, 6.45) is 5.73. The molecular weight excluding hydrogens is 256 g/mol. The Morgan fingerprint density at radius 1 is 1.00 bits per heavy atom. The molecule has 0 radical (unpaired) electrons. The minimum atomic E-state index is 0.621. The van der Waals surface area contributed by atoms with Crippen molar-refractivity contribution in [1.82, 2.24) is 4.90 Å². The van der Waals surface area contributed by atoms with E-state index in [1.54, 1.807) is 0 Å². The second-order valence-corrected chi connectivity index (χ2v) is 7.22. The second kappa shape index (κ2) is 6.39. The van der Waals surface area contributed by atoms with Gasteiger partial charge in [0, 0.05) is 37.4 Å². The number of hydrogen-bond acceptors (Lipinski definition) is 2. The van der Waals surface area contributed by atoms with Crippen LogP contribution in [0, 0.1) is 0 Å². The summed E-state index contributed by atoms with van der Waals surface area (Å²) in [5.41, 5.74) is 2.84. The predicted molar refractivity (Wildman–Crippen MR) is 91.2 cm³/mol. The van der Waals surface area contributed by atoms with Gasteiger partial charge in [-0.05, 0) is 43.4 Å². The molecule has 0 N–H and O–H groups in total. The third-order valence-corrected chi connectivity index (χ3v) is 5.39. The van der Waals surface area contributed by atoms with Crippen molar-refractivity contribution in [2.45, 2.75) is 64.5 Å². The van der Waals surface area contributed by atoms with E-state index < -0.39 is 0 Å². The third-order valence-electron chi connectivity index (χ3n) is 5.39. The quantitative estimate of drug-likeness (QED) is 0.819. The minimum Gasteiger partial charge on any atom is -0.366 e. The van der Waals surface area contributed by atoms with E-state index in [1.807, 2.05) is 0 Å². The van der Waals surface area contributed by atoms with Gasteiger partial charge in [0.15, 0.2) is 0 Å². The van der Waals surface area contributed by atoms with Crippen LogP contribution in [0.1, 0.15) is 57.9 Å². The molecular formula is C19H30N2. The van der Waals surface area contributed by atoms with E-state index in [4.69, 9.17) is 0 Å². The van der Waals surface area contributed by atoms with Gasteiger partial charge in [-0.3, -0.25) is 4.90 Å². The Bertz CT molecular complexity index is 445. The molecule has 0 amide bonds. The van der Waals surface area contributed by atoms with Crippen molar-refractivity contribution in [2.24, 2.45) is 0 Å². The normalized spacial score (nSPS) is 25.0. The lowest BCUT2D eigenvalue weighted by Crippen LogP contribution is -2.54. The highest BCUT2D eigenvalue weighted by Gasteiger charge is 2.29. The molecule has 21 heavy (non-hydrogen) atoms. The van der Waals surface area contributed by atoms with Gasteiger partial charge in [-0.2, -0.15) is 0 Å². The molecule has 1 heterocycles. The topological polar surface area (TPSA) is 6.48 Å². The van der Waals surface area contributed by atoms with E-state index >= 15 is 0 Å². The van der Waals surface area contributed by atoms with E-state index in [9.17, 15) is 0 Å². The Labute approximate surface area is 130 Å². The summed E-state index contributed by atoms with van der Waals surface area (Å²) in [5.74, 6) is 0.621. The van der Waals surface area contributed by atoms with Crippen molar-refractivity contribution in [3.05, 3.63) is 29.8 Å². The number of rotatable bonds is 3. The molecule has 1 saturated heterocycles. The van der Waals surface area contributed by atoms with Gasteiger partial charge in [0.1, 0.15) is 0 Å². The maximum atomic E-state index is 2.75. The molecule has 0 bridgehead atoms. The summed E-state index contributed by atoms with van der Waals surface area (Å²) in [5, 5.41) is 0. The number of anilines is 1. The van der Waals surface area contributed by atoms with Crippen LogP contribution < -0.4 is 4.90 Å². The average Bonchev–Trinajstić information content (AvgIpc) is 3.01. The summed E-state index contributed by atoms with van der Waals surface area (Å²) in [6, 6.07) is 10.7. The van der Waals surface area contributed by atoms with Crippen LogP contribution in [-0.2, 0) is 0 Å². The fourth-order valence-electron chi connectivity index (χ4n) is 4.02. The molecule has 1 aliphatic carbocycles. The predicted octanol–water partition coefficient (Wildman–Crippen LogP) is 4.26. The SMILES string of the molecule is CC(C)c1ccc(N2CCN(C3CCCC3)CC2C)cc1. The summed E-state index contributed by atoms with van der Waals surface area (Å²) >= 11 is 0. The van der Waals surface area contributed by atoms with Crippen LogP contribution in [0.2, 0.25) is 0 Å². The van der Waals surface area contributed by atoms with Crippen molar-refractivity contribution in [1.29, 1.82) is 0 Å². The molecule has 3 rings (SSSR count). The summed E-state index contributed by atoms with van der Waals surface area (Å²) in [6.45, 7) is 10.6. The summed E-state index contributed by atoms with van der Waals surface area (Å²) in [4.78, 5) is 5.34. The second-order valence-electron chi connectivity index (χ2n) is 7.22. The summed E-state index contributed by atoms with van der Waals surface area (Å²) in [7, 11) is 0. The highest BCUT2D eigenvalue weighted by Crippen LogP contribution is 2.28. The van der Waals surface area contributed by atoms with Crippen LogP contribution in [0.15, 0.2) is 24.3 Å². The first-order valence-corrected chi connectivity index (χ1v) is 8.76. The van der Waals surface area contributed by atoms with Crippen molar-refractivity contribution in [3.63, 3.8) is 0 Å². The van der Waals surface area contributed by atoms with E-state index in [1.165, 1.54) is 56.6 Å². The zero-order valence-corrected chi connectivity index (χ0v) is 13.9. The highest BCUT2D eigenvalue weighted by atomic mass is 15.3. The molecule has 0 aromatic heterocycles. The first-order valence-electron chi connectivity index (χ1n) is 8.76. The fourth-order valence-corrected chi connectivity index (χ4v) is 4.02. The zero-order chi connectivity index (χ0) is 14.8. The van der Waals surface area contributed by atoms with E-state index in [2.05, 4.69) is 54.8 Å². The Kier molecular flexibility index (Phi) is 4.54. The van der Waals surface area contributed by atoms with Gasteiger partial charge < -0.3 is 4.90 Å². The smallest absolute Gasteiger partial charge is 0.0389 e. The Morgan fingerprint density at radius 3 is 2.24 bits per heavy atom. The maximum Gasteiger partial charge on any atom is 0.0389 e. The lowest BCUT2D eigenvalue weighted by atomic mass is 10.0. The number of piperazine rings is 1. The molecule has 2 fully saturated rings. The number of nitrogens with zero attached hydrogens (tertiary/aromatic N) is 2. The van der Waals surface area contributed by atoms with Gasteiger partial charge in [-0.15, -0.1) is 0 Å². The first kappa shape index (κ1) is 14.9. The van der Waals surface area contributed by atoms with Gasteiger partial charge >= 0.3 is 0 Å². The molecule has 1 atom stereocenters. The molecule has 2 nitrogen and oxygen atoms in total. The first-order chi connectivity index (χ1) is 10.1. The van der Waals surface area contributed by atoms with Crippen molar-refractivity contribution in [3.8, 4) is 0 Å². The molecule has 1 aliphatic heterocycles.